The molecule has 3 saturated carbocycles. The second-order valence-corrected chi connectivity index (χ2v) is 19.6. The SMILES string of the molecule is CC[Si](CC)(CC)O[C@H]1C[C@H]2OC[C@@]2(OC(C)=O)[C@H]2[C@H](OC(=O)c3ccccc3)[C@]3(O)C[C@H](O)C(C)C(C(=O)C(=O)[C@]12C)C3(C)C. The summed E-state index contributed by atoms with van der Waals surface area (Å²) in [6.07, 6.45) is -4.33. The molecule has 5 rings (SSSR count). The Bertz CT molecular complexity index is 1370. The molecule has 1 heterocycles. The zero-order chi connectivity index (χ0) is 34.0. The van der Waals surface area contributed by atoms with Crippen molar-refractivity contribution in [2.45, 2.75) is 122 Å². The standard InChI is InChI=1S/C35H50O10Si/c1-9-46(10-2,11-3)45-24-17-25-34(19-42-25,44-21(5)36)28-30(43-31(40)22-15-13-12-14-16-22)35(41)18-23(37)20(4)26(32(35,6)7)27(38)29(39)33(24,28)8/h12-16,20,23-26,28,30,37,41H,9-11,17-19H2,1-8H3/t20?,23-,24-,25+,26?,28-,30-,33+,34-,35+/m0/s1. The van der Waals surface area contributed by atoms with Crippen LogP contribution in [0.5, 0.6) is 0 Å². The van der Waals surface area contributed by atoms with Gasteiger partial charge in [-0.2, -0.15) is 0 Å². The van der Waals surface area contributed by atoms with Gasteiger partial charge in [-0.05, 0) is 43.1 Å². The van der Waals surface area contributed by atoms with Crippen molar-refractivity contribution < 1.29 is 48.0 Å². The first-order valence-electron chi connectivity index (χ1n) is 16.7. The van der Waals surface area contributed by atoms with Crippen molar-refractivity contribution >= 4 is 31.8 Å². The van der Waals surface area contributed by atoms with Crippen molar-refractivity contribution in [1.82, 2.24) is 0 Å². The number of aliphatic hydroxyl groups excluding tert-OH is 1. The molecule has 1 saturated heterocycles. The summed E-state index contributed by atoms with van der Waals surface area (Å²) in [5, 5.41) is 24.4. The molecule has 1 aliphatic heterocycles. The number of rotatable bonds is 8. The van der Waals surface area contributed by atoms with E-state index < -0.39 is 96.0 Å². The number of ketones is 2. The number of hydrogen-bond acceptors (Lipinski definition) is 10. The number of benzene rings is 1. The van der Waals surface area contributed by atoms with E-state index in [9.17, 15) is 24.6 Å². The molecule has 0 aromatic heterocycles. The molecule has 0 amide bonds. The second kappa shape index (κ2) is 11.9. The fourth-order valence-electron chi connectivity index (χ4n) is 9.40. The monoisotopic (exact) mass is 658 g/mol. The van der Waals surface area contributed by atoms with Crippen molar-refractivity contribution in [2.24, 2.45) is 28.6 Å². The van der Waals surface area contributed by atoms with Crippen LogP contribution in [0.4, 0.5) is 0 Å². The van der Waals surface area contributed by atoms with Crippen molar-refractivity contribution in [3.63, 3.8) is 0 Å². The van der Waals surface area contributed by atoms with E-state index in [0.717, 1.165) is 18.1 Å². The van der Waals surface area contributed by atoms with Crippen molar-refractivity contribution in [3.8, 4) is 0 Å². The molecule has 10 atom stereocenters. The third-order valence-corrected chi connectivity index (χ3v) is 17.2. The van der Waals surface area contributed by atoms with E-state index in [1.807, 2.05) is 0 Å². The molecule has 2 bridgehead atoms. The van der Waals surface area contributed by atoms with Crippen LogP contribution in [0, 0.1) is 28.6 Å². The Labute approximate surface area is 272 Å². The summed E-state index contributed by atoms with van der Waals surface area (Å²) in [5.74, 6) is -5.82. The molecule has 3 aliphatic carbocycles. The molecule has 1 aromatic carbocycles. The van der Waals surface area contributed by atoms with Gasteiger partial charge >= 0.3 is 11.9 Å². The first kappa shape index (κ1) is 34.9. The molecule has 0 radical (unpaired) electrons. The van der Waals surface area contributed by atoms with E-state index in [1.165, 1.54) is 6.92 Å². The predicted molar refractivity (Wildman–Crippen MR) is 170 cm³/mol. The normalized spacial score (nSPS) is 40.0. The third kappa shape index (κ3) is 4.86. The van der Waals surface area contributed by atoms with E-state index in [0.29, 0.717) is 0 Å². The van der Waals surface area contributed by atoms with E-state index >= 15 is 4.79 Å². The van der Waals surface area contributed by atoms with Gasteiger partial charge in [0.15, 0.2) is 13.9 Å². The van der Waals surface area contributed by atoms with Gasteiger partial charge in [-0.3, -0.25) is 14.4 Å². The van der Waals surface area contributed by atoms with Crippen molar-refractivity contribution in [3.05, 3.63) is 35.9 Å². The average Bonchev–Trinajstić information content (AvgIpc) is 3.01. The molecule has 1 aromatic rings. The predicted octanol–water partition coefficient (Wildman–Crippen LogP) is 4.26. The molecule has 46 heavy (non-hydrogen) atoms. The number of carbonyl (C=O) groups excluding carboxylic acids is 4. The Balaban J connectivity index is 1.82. The van der Waals surface area contributed by atoms with Gasteiger partial charge in [-0.15, -0.1) is 0 Å². The Hall–Kier alpha value is -2.44. The van der Waals surface area contributed by atoms with Gasteiger partial charge in [-0.25, -0.2) is 4.79 Å². The summed E-state index contributed by atoms with van der Waals surface area (Å²) < 4.78 is 25.7. The van der Waals surface area contributed by atoms with E-state index in [-0.39, 0.29) is 25.0 Å². The van der Waals surface area contributed by atoms with Gasteiger partial charge in [-0.1, -0.05) is 59.7 Å². The zero-order valence-electron chi connectivity index (χ0n) is 28.3. The molecular weight excluding hydrogens is 608 g/mol. The number of ether oxygens (including phenoxy) is 3. The Morgan fingerprint density at radius 2 is 1.65 bits per heavy atom. The molecule has 2 N–H and O–H groups in total. The Kier molecular flexibility index (Phi) is 9.03. The van der Waals surface area contributed by atoms with Crippen LogP contribution >= 0.6 is 0 Å². The highest BCUT2D eigenvalue weighted by Gasteiger charge is 2.79. The Morgan fingerprint density at radius 3 is 2.17 bits per heavy atom. The zero-order valence-corrected chi connectivity index (χ0v) is 29.3. The lowest BCUT2D eigenvalue weighted by molar-refractivity contribution is -0.348. The smallest absolute Gasteiger partial charge is 0.338 e. The second-order valence-electron chi connectivity index (χ2n) is 14.8. The summed E-state index contributed by atoms with van der Waals surface area (Å²) in [5.41, 5.74) is -6.35. The number of aliphatic hydroxyl groups is 2. The molecule has 2 unspecified atom stereocenters. The lowest BCUT2D eigenvalue weighted by Crippen LogP contribution is -2.83. The minimum Gasteiger partial charge on any atom is -0.455 e. The maximum Gasteiger partial charge on any atom is 0.338 e. The summed E-state index contributed by atoms with van der Waals surface area (Å²) in [6.45, 7) is 14.1. The summed E-state index contributed by atoms with van der Waals surface area (Å²) in [6, 6.07) is 10.6. The topological polar surface area (TPSA) is 146 Å². The number of carbonyl (C=O) groups is 4. The molecular formula is C35H50O10Si. The maximum absolute atomic E-state index is 15.1. The molecule has 254 valence electrons. The Morgan fingerprint density at radius 1 is 1.04 bits per heavy atom. The first-order valence-corrected chi connectivity index (χ1v) is 19.3. The summed E-state index contributed by atoms with van der Waals surface area (Å²) >= 11 is 0. The fourth-order valence-corrected chi connectivity index (χ4v) is 12.3. The number of esters is 2. The highest BCUT2D eigenvalue weighted by Crippen LogP contribution is 2.65. The van der Waals surface area contributed by atoms with Gasteiger partial charge in [0.25, 0.3) is 0 Å². The van der Waals surface area contributed by atoms with Crippen LogP contribution in [0.2, 0.25) is 18.1 Å². The molecule has 11 heteroatoms. The van der Waals surface area contributed by atoms with Crippen molar-refractivity contribution in [2.75, 3.05) is 6.61 Å². The van der Waals surface area contributed by atoms with Gasteiger partial charge in [0, 0.05) is 31.1 Å². The first-order chi connectivity index (χ1) is 21.5. The quantitative estimate of drug-likeness (QED) is 0.236. The molecule has 10 nitrogen and oxygen atoms in total. The van der Waals surface area contributed by atoms with Crippen LogP contribution < -0.4 is 0 Å². The van der Waals surface area contributed by atoms with Crippen LogP contribution in [0.25, 0.3) is 0 Å². The number of Topliss-reactive ketones (excluding diaryl/α,β-unsaturated/α-hetero) is 2. The van der Waals surface area contributed by atoms with E-state index in [4.69, 9.17) is 18.6 Å². The van der Waals surface area contributed by atoms with Crippen molar-refractivity contribution in [1.29, 1.82) is 0 Å². The molecule has 0 spiro atoms. The van der Waals surface area contributed by atoms with Gasteiger partial charge in [0.2, 0.25) is 11.6 Å². The largest absolute Gasteiger partial charge is 0.455 e. The van der Waals surface area contributed by atoms with Crippen LogP contribution in [0.1, 0.15) is 78.6 Å². The van der Waals surface area contributed by atoms with Gasteiger partial charge in [0.1, 0.15) is 17.8 Å². The average molecular weight is 659 g/mol. The van der Waals surface area contributed by atoms with Crippen LogP contribution in [0.15, 0.2) is 30.3 Å². The fraction of sp³-hybridized carbons (Fsp3) is 0.714. The lowest BCUT2D eigenvalue weighted by atomic mass is 9.42. The minimum absolute atomic E-state index is 0.123. The number of hydrogen-bond donors (Lipinski definition) is 2. The number of fused-ring (bicyclic) bond motifs is 5. The maximum atomic E-state index is 15.1. The van der Waals surface area contributed by atoms with E-state index in [1.54, 1.807) is 58.0 Å². The van der Waals surface area contributed by atoms with Crippen LogP contribution in [0.3, 0.4) is 0 Å². The highest BCUT2D eigenvalue weighted by molar-refractivity contribution is 6.73. The third-order valence-electron chi connectivity index (χ3n) is 12.5. The summed E-state index contributed by atoms with van der Waals surface area (Å²) in [7, 11) is -2.44. The molecule has 4 fully saturated rings. The van der Waals surface area contributed by atoms with Crippen LogP contribution in [-0.4, -0.2) is 84.3 Å². The van der Waals surface area contributed by atoms with Crippen LogP contribution in [-0.2, 0) is 33.0 Å². The van der Waals surface area contributed by atoms with E-state index in [2.05, 4.69) is 20.8 Å². The minimum atomic E-state index is -2.44. The molecule has 4 aliphatic rings. The van der Waals surface area contributed by atoms with Gasteiger partial charge in [0.05, 0.1) is 35.7 Å². The lowest BCUT2D eigenvalue weighted by Gasteiger charge is -2.68. The van der Waals surface area contributed by atoms with Gasteiger partial charge < -0.3 is 28.8 Å². The highest BCUT2D eigenvalue weighted by atomic mass is 28.4. The summed E-state index contributed by atoms with van der Waals surface area (Å²) in [4.78, 5) is 56.5.